The topological polar surface area (TPSA) is 80.0 Å². The van der Waals surface area contributed by atoms with Crippen molar-refractivity contribution >= 4 is 32.8 Å². The minimum atomic E-state index is -4.33. The van der Waals surface area contributed by atoms with Gasteiger partial charge in [-0.25, -0.2) is 0 Å². The number of fused-ring (bicyclic) bond motifs is 2. The van der Waals surface area contributed by atoms with Gasteiger partial charge in [-0.05, 0) is 41.5 Å². The molecule has 0 unspecified atom stereocenters. The molecular formula is C28H27N2O5S+. The Kier molecular flexibility index (Phi) is 6.38. The molecule has 184 valence electrons. The molecule has 5 rings (SSSR count). The molecule has 0 saturated carbocycles. The van der Waals surface area contributed by atoms with Crippen LogP contribution in [0.4, 0.5) is 5.69 Å². The second-order valence-electron chi connectivity index (χ2n) is 8.61. The zero-order chi connectivity index (χ0) is 25.3. The number of nitrogens with zero attached hydrogens (tertiary/aromatic N) is 2. The lowest BCUT2D eigenvalue weighted by Crippen LogP contribution is -2.38. The van der Waals surface area contributed by atoms with Crippen LogP contribution in [0, 0.1) is 0 Å². The Morgan fingerprint density at radius 1 is 1.00 bits per heavy atom. The number of hydrogen-bond donors (Lipinski definition) is 1. The molecule has 0 radical (unpaired) electrons. The minimum absolute atomic E-state index is 0.325. The molecule has 3 aromatic carbocycles. The Morgan fingerprint density at radius 2 is 1.81 bits per heavy atom. The van der Waals surface area contributed by atoms with Crippen molar-refractivity contribution in [2.45, 2.75) is 19.9 Å². The van der Waals surface area contributed by atoms with E-state index in [2.05, 4.69) is 11.5 Å². The summed E-state index contributed by atoms with van der Waals surface area (Å²) >= 11 is 0. The van der Waals surface area contributed by atoms with Gasteiger partial charge >= 0.3 is 0 Å². The fraction of sp³-hybridized carbons (Fsp3) is 0.179. The second kappa shape index (κ2) is 9.64. The van der Waals surface area contributed by atoms with E-state index in [-0.39, 0.29) is 0 Å². The van der Waals surface area contributed by atoms with Crippen LogP contribution in [0.15, 0.2) is 84.7 Å². The van der Waals surface area contributed by atoms with Gasteiger partial charge in [-0.1, -0.05) is 43.3 Å². The Balaban J connectivity index is 1.62. The normalized spacial score (nSPS) is 14.2. The lowest BCUT2D eigenvalue weighted by Gasteiger charge is -2.17. The summed E-state index contributed by atoms with van der Waals surface area (Å²) in [4.78, 5) is 1.49. The highest BCUT2D eigenvalue weighted by atomic mass is 32.2. The summed E-state index contributed by atoms with van der Waals surface area (Å²) in [5, 5.41) is 1.03. The molecule has 0 atom stereocenters. The van der Waals surface area contributed by atoms with E-state index in [1.165, 1.54) is 4.90 Å². The number of aromatic nitrogens is 1. The maximum absolute atomic E-state index is 12.0. The van der Waals surface area contributed by atoms with Crippen molar-refractivity contribution in [3.8, 4) is 22.6 Å². The van der Waals surface area contributed by atoms with Crippen LogP contribution in [0.2, 0.25) is 0 Å². The number of ether oxygens (including phenoxy) is 2. The number of benzene rings is 3. The Bertz CT molecular complexity index is 1570. The molecule has 0 aliphatic carbocycles. The van der Waals surface area contributed by atoms with Gasteiger partial charge in [0.05, 0.1) is 24.3 Å². The van der Waals surface area contributed by atoms with Crippen LogP contribution in [-0.2, 0) is 16.7 Å². The number of anilines is 1. The van der Waals surface area contributed by atoms with Crippen LogP contribution in [-0.4, -0.2) is 26.0 Å². The molecule has 0 saturated heterocycles. The summed E-state index contributed by atoms with van der Waals surface area (Å²) in [7, 11) is -2.69. The van der Waals surface area contributed by atoms with E-state index in [1.807, 2.05) is 84.9 Å². The van der Waals surface area contributed by atoms with Gasteiger partial charge in [0.15, 0.2) is 11.6 Å². The van der Waals surface area contributed by atoms with Gasteiger partial charge in [-0.15, -0.1) is 0 Å². The first-order valence-electron chi connectivity index (χ1n) is 11.7. The standard InChI is InChI=1S/C28H26N2O5S/c1-3-15-29-23(11-9-22-16-24(34-2)12-13-25(22)29)18-28-30(19-36(31,32)33)26-17-21(10-14-27(26)35-28)20-7-5-4-6-8-20/h4-14,16-18H,3,15,19H2,1-2H3/p+1. The fourth-order valence-electron chi connectivity index (χ4n) is 4.48. The van der Waals surface area contributed by atoms with Gasteiger partial charge in [0, 0.05) is 18.6 Å². The summed E-state index contributed by atoms with van der Waals surface area (Å²) in [5.41, 5.74) is 4.36. The van der Waals surface area contributed by atoms with E-state index in [0.717, 1.165) is 46.4 Å². The molecule has 0 fully saturated rings. The smallest absolute Gasteiger partial charge is 0.283 e. The van der Waals surface area contributed by atoms with Gasteiger partial charge < -0.3 is 9.47 Å². The SMILES string of the molecule is CCC[n+]1c(/C=C2\Oc3ccc(-c4ccccc4)cc3N2CS(=O)(=O)O)ccc2cc(OC)ccc21. The lowest BCUT2D eigenvalue weighted by atomic mass is 10.0. The zero-order valence-electron chi connectivity index (χ0n) is 20.1. The van der Waals surface area contributed by atoms with Crippen molar-refractivity contribution in [1.29, 1.82) is 0 Å². The molecule has 1 N–H and O–H groups in total. The maximum Gasteiger partial charge on any atom is 0.283 e. The largest absolute Gasteiger partial charge is 0.497 e. The Labute approximate surface area is 210 Å². The molecule has 36 heavy (non-hydrogen) atoms. The summed E-state index contributed by atoms with van der Waals surface area (Å²) < 4.78 is 47.3. The molecule has 0 bridgehead atoms. The Hall–Kier alpha value is -3.88. The summed E-state index contributed by atoms with van der Waals surface area (Å²) in [6.07, 6.45) is 2.72. The van der Waals surface area contributed by atoms with Gasteiger partial charge in [0.25, 0.3) is 10.1 Å². The van der Waals surface area contributed by atoms with Crippen molar-refractivity contribution in [3.63, 3.8) is 0 Å². The molecule has 8 heteroatoms. The highest BCUT2D eigenvalue weighted by molar-refractivity contribution is 7.85. The third-order valence-electron chi connectivity index (χ3n) is 6.12. The first-order chi connectivity index (χ1) is 17.4. The van der Waals surface area contributed by atoms with Crippen LogP contribution >= 0.6 is 0 Å². The average Bonchev–Trinajstić information content (AvgIpc) is 3.20. The molecule has 0 spiro atoms. The highest BCUT2D eigenvalue weighted by Gasteiger charge is 2.31. The highest BCUT2D eigenvalue weighted by Crippen LogP contribution is 2.42. The van der Waals surface area contributed by atoms with E-state index in [4.69, 9.17) is 9.47 Å². The van der Waals surface area contributed by atoms with E-state index in [1.54, 1.807) is 7.11 Å². The minimum Gasteiger partial charge on any atom is -0.497 e. The van der Waals surface area contributed by atoms with Gasteiger partial charge in [-0.2, -0.15) is 13.0 Å². The van der Waals surface area contributed by atoms with Crippen LogP contribution in [0.5, 0.6) is 11.5 Å². The van der Waals surface area contributed by atoms with Crippen molar-refractivity contribution in [1.82, 2.24) is 0 Å². The maximum atomic E-state index is 12.0. The number of pyridine rings is 1. The number of aryl methyl sites for hydroxylation is 1. The Morgan fingerprint density at radius 3 is 2.53 bits per heavy atom. The molecule has 1 aliphatic rings. The summed E-state index contributed by atoms with van der Waals surface area (Å²) in [5.74, 6) is 1.00. The molecular weight excluding hydrogens is 476 g/mol. The van der Waals surface area contributed by atoms with Crippen molar-refractivity contribution in [2.75, 3.05) is 17.9 Å². The van der Waals surface area contributed by atoms with Gasteiger partial charge in [0.1, 0.15) is 12.3 Å². The quantitative estimate of drug-likeness (QED) is 0.274. The monoisotopic (exact) mass is 503 g/mol. The molecule has 0 amide bonds. The predicted molar refractivity (Wildman–Crippen MR) is 140 cm³/mol. The molecule has 1 aromatic heterocycles. The van der Waals surface area contributed by atoms with Gasteiger partial charge in [-0.3, -0.25) is 9.45 Å². The van der Waals surface area contributed by atoms with Crippen LogP contribution in [0.25, 0.3) is 28.1 Å². The first-order valence-corrected chi connectivity index (χ1v) is 13.3. The van der Waals surface area contributed by atoms with E-state index >= 15 is 0 Å². The third kappa shape index (κ3) is 4.78. The summed E-state index contributed by atoms with van der Waals surface area (Å²) in [6.45, 7) is 2.86. The first kappa shape index (κ1) is 23.8. The molecule has 4 aromatic rings. The third-order valence-corrected chi connectivity index (χ3v) is 6.70. The molecule has 1 aliphatic heterocycles. The number of methoxy groups -OCH3 is 1. The van der Waals surface area contributed by atoms with Crippen LogP contribution < -0.4 is 18.9 Å². The second-order valence-corrected chi connectivity index (χ2v) is 10.0. The predicted octanol–water partition coefficient (Wildman–Crippen LogP) is 5.26. The average molecular weight is 504 g/mol. The number of rotatable bonds is 7. The molecule has 7 nitrogen and oxygen atoms in total. The zero-order valence-corrected chi connectivity index (χ0v) is 20.9. The summed E-state index contributed by atoms with van der Waals surface area (Å²) in [6, 6.07) is 25.3. The van der Waals surface area contributed by atoms with Crippen molar-refractivity contribution < 1.29 is 27.0 Å². The van der Waals surface area contributed by atoms with Crippen molar-refractivity contribution in [2.24, 2.45) is 0 Å². The van der Waals surface area contributed by atoms with E-state index < -0.39 is 16.0 Å². The number of hydrogen-bond acceptors (Lipinski definition) is 5. The van der Waals surface area contributed by atoms with E-state index in [0.29, 0.717) is 17.3 Å². The fourth-order valence-corrected chi connectivity index (χ4v) is 5.08. The lowest BCUT2D eigenvalue weighted by molar-refractivity contribution is -0.673. The van der Waals surface area contributed by atoms with E-state index in [9.17, 15) is 13.0 Å². The molecule has 2 heterocycles. The van der Waals surface area contributed by atoms with Crippen molar-refractivity contribution in [3.05, 3.63) is 90.4 Å². The van der Waals surface area contributed by atoms with Crippen LogP contribution in [0.3, 0.4) is 0 Å². The van der Waals surface area contributed by atoms with Crippen LogP contribution in [0.1, 0.15) is 19.0 Å². The van der Waals surface area contributed by atoms with Gasteiger partial charge in [0.2, 0.25) is 17.1 Å².